The van der Waals surface area contributed by atoms with E-state index in [0.717, 1.165) is 32.7 Å². The standard InChI is InChI=1S/C16H14N6OS/c1-10-9-12(18-17-10)15-19-20-16-22(15)21-14(24-16)8-7-11-5-3-4-6-13(11)23-2/h3-9H,1-2H3,(H,17,18). The lowest BCUT2D eigenvalue weighted by Gasteiger charge is -2.02. The molecule has 3 aromatic heterocycles. The van der Waals surface area contributed by atoms with Gasteiger partial charge in [-0.2, -0.15) is 14.7 Å². The SMILES string of the molecule is COc1ccccc1C=Cc1nn2c(-c3cc(C)[nH]n3)nnc2s1. The quantitative estimate of drug-likeness (QED) is 0.618. The van der Waals surface area contributed by atoms with Crippen molar-refractivity contribution < 1.29 is 4.74 Å². The topological polar surface area (TPSA) is 81.0 Å². The number of methoxy groups -OCH3 is 1. The van der Waals surface area contributed by atoms with Crippen LogP contribution in [-0.4, -0.2) is 37.1 Å². The van der Waals surface area contributed by atoms with Crippen molar-refractivity contribution in [2.75, 3.05) is 7.11 Å². The van der Waals surface area contributed by atoms with Crippen molar-refractivity contribution in [2.45, 2.75) is 6.92 Å². The molecule has 0 spiro atoms. The molecule has 0 unspecified atom stereocenters. The van der Waals surface area contributed by atoms with E-state index in [-0.39, 0.29) is 0 Å². The maximum absolute atomic E-state index is 5.35. The molecule has 120 valence electrons. The second-order valence-electron chi connectivity index (χ2n) is 5.17. The van der Waals surface area contributed by atoms with Crippen molar-refractivity contribution in [1.29, 1.82) is 0 Å². The van der Waals surface area contributed by atoms with E-state index in [2.05, 4.69) is 25.5 Å². The van der Waals surface area contributed by atoms with Crippen molar-refractivity contribution in [2.24, 2.45) is 0 Å². The fourth-order valence-corrected chi connectivity index (χ4v) is 3.10. The highest BCUT2D eigenvalue weighted by Gasteiger charge is 2.14. The number of hydrogen-bond acceptors (Lipinski definition) is 6. The summed E-state index contributed by atoms with van der Waals surface area (Å²) in [6.07, 6.45) is 3.92. The molecule has 24 heavy (non-hydrogen) atoms. The van der Waals surface area contributed by atoms with Gasteiger partial charge in [0.1, 0.15) is 16.5 Å². The van der Waals surface area contributed by atoms with Crippen molar-refractivity contribution in [3.8, 4) is 17.3 Å². The zero-order chi connectivity index (χ0) is 16.5. The lowest BCUT2D eigenvalue weighted by Crippen LogP contribution is -1.91. The molecule has 0 aliphatic rings. The molecule has 0 aliphatic heterocycles. The average molecular weight is 338 g/mol. The fourth-order valence-electron chi connectivity index (χ4n) is 2.36. The van der Waals surface area contributed by atoms with Gasteiger partial charge < -0.3 is 4.74 Å². The van der Waals surface area contributed by atoms with Gasteiger partial charge in [0.15, 0.2) is 0 Å². The van der Waals surface area contributed by atoms with Gasteiger partial charge in [-0.05, 0) is 31.2 Å². The molecule has 0 amide bonds. The molecule has 0 saturated carbocycles. The Balaban J connectivity index is 1.69. The van der Waals surface area contributed by atoms with Gasteiger partial charge in [-0.3, -0.25) is 5.10 Å². The zero-order valence-electron chi connectivity index (χ0n) is 13.1. The predicted molar refractivity (Wildman–Crippen MR) is 92.9 cm³/mol. The van der Waals surface area contributed by atoms with Crippen LogP contribution in [0.5, 0.6) is 5.75 Å². The van der Waals surface area contributed by atoms with E-state index in [4.69, 9.17) is 4.74 Å². The van der Waals surface area contributed by atoms with Crippen LogP contribution < -0.4 is 4.74 Å². The number of ether oxygens (including phenoxy) is 1. The fraction of sp³-hybridized carbons (Fsp3) is 0.125. The Morgan fingerprint density at radius 3 is 2.88 bits per heavy atom. The van der Waals surface area contributed by atoms with Crippen LogP contribution in [0, 0.1) is 6.92 Å². The molecule has 0 fully saturated rings. The summed E-state index contributed by atoms with van der Waals surface area (Å²) in [5.74, 6) is 1.45. The largest absolute Gasteiger partial charge is 0.496 e. The van der Waals surface area contributed by atoms with Crippen LogP contribution in [-0.2, 0) is 0 Å². The lowest BCUT2D eigenvalue weighted by molar-refractivity contribution is 0.414. The summed E-state index contributed by atoms with van der Waals surface area (Å²) in [5.41, 5.74) is 2.69. The highest BCUT2D eigenvalue weighted by Crippen LogP contribution is 2.23. The number of para-hydroxylation sites is 1. The molecule has 0 aliphatic carbocycles. The third-order valence-corrected chi connectivity index (χ3v) is 4.35. The number of aryl methyl sites for hydroxylation is 1. The van der Waals surface area contributed by atoms with Crippen molar-refractivity contribution >= 4 is 28.4 Å². The summed E-state index contributed by atoms with van der Waals surface area (Å²) < 4.78 is 7.06. The summed E-state index contributed by atoms with van der Waals surface area (Å²) in [6.45, 7) is 1.94. The summed E-state index contributed by atoms with van der Waals surface area (Å²) in [4.78, 5) is 0.727. The Kier molecular flexibility index (Phi) is 3.58. The van der Waals surface area contributed by atoms with E-state index >= 15 is 0 Å². The summed E-state index contributed by atoms with van der Waals surface area (Å²) in [7, 11) is 1.66. The number of nitrogens with one attached hydrogen (secondary N) is 1. The monoisotopic (exact) mass is 338 g/mol. The van der Waals surface area contributed by atoms with Gasteiger partial charge in [0.2, 0.25) is 10.8 Å². The van der Waals surface area contributed by atoms with E-state index in [0.29, 0.717) is 5.82 Å². The predicted octanol–water partition coefficient (Wildman–Crippen LogP) is 3.06. The first-order valence-corrected chi connectivity index (χ1v) is 8.12. The van der Waals surface area contributed by atoms with Gasteiger partial charge >= 0.3 is 0 Å². The first kappa shape index (κ1) is 14.6. The number of H-pyrrole nitrogens is 1. The Labute approximate surface area is 141 Å². The van der Waals surface area contributed by atoms with Crippen LogP contribution >= 0.6 is 11.3 Å². The molecule has 0 atom stereocenters. The number of aromatic amines is 1. The van der Waals surface area contributed by atoms with Gasteiger partial charge in [-0.1, -0.05) is 29.5 Å². The van der Waals surface area contributed by atoms with Gasteiger partial charge in [-0.25, -0.2) is 0 Å². The minimum absolute atomic E-state index is 0.627. The van der Waals surface area contributed by atoms with Crippen molar-refractivity contribution in [3.05, 3.63) is 46.6 Å². The summed E-state index contributed by atoms with van der Waals surface area (Å²) >= 11 is 1.46. The van der Waals surface area contributed by atoms with Gasteiger partial charge in [0, 0.05) is 11.3 Å². The van der Waals surface area contributed by atoms with Crippen LogP contribution in [0.25, 0.3) is 28.6 Å². The van der Waals surface area contributed by atoms with E-state index in [9.17, 15) is 0 Å². The van der Waals surface area contributed by atoms with Crippen LogP contribution in [0.2, 0.25) is 0 Å². The van der Waals surface area contributed by atoms with Crippen LogP contribution in [0.4, 0.5) is 0 Å². The molecule has 0 radical (unpaired) electrons. The molecule has 8 heteroatoms. The molecule has 1 N–H and O–H groups in total. The number of fused-ring (bicyclic) bond motifs is 1. The first-order valence-electron chi connectivity index (χ1n) is 7.30. The smallest absolute Gasteiger partial charge is 0.235 e. The molecule has 0 saturated heterocycles. The Morgan fingerprint density at radius 2 is 2.08 bits per heavy atom. The van der Waals surface area contributed by atoms with Crippen LogP contribution in [0.3, 0.4) is 0 Å². The van der Waals surface area contributed by atoms with E-state index in [1.807, 2.05) is 49.4 Å². The second-order valence-corrected chi connectivity index (χ2v) is 6.16. The highest BCUT2D eigenvalue weighted by atomic mass is 32.1. The van der Waals surface area contributed by atoms with Gasteiger partial charge in [0.05, 0.1) is 7.11 Å². The average Bonchev–Trinajstić information content (AvgIpc) is 3.28. The minimum Gasteiger partial charge on any atom is -0.496 e. The summed E-state index contributed by atoms with van der Waals surface area (Å²) in [6, 6.07) is 9.75. The molecule has 4 aromatic rings. The maximum Gasteiger partial charge on any atom is 0.235 e. The maximum atomic E-state index is 5.35. The third kappa shape index (κ3) is 2.56. The van der Waals surface area contributed by atoms with E-state index < -0.39 is 0 Å². The molecule has 0 bridgehead atoms. The number of rotatable bonds is 4. The van der Waals surface area contributed by atoms with Crippen LogP contribution in [0.1, 0.15) is 16.3 Å². The minimum atomic E-state index is 0.627. The highest BCUT2D eigenvalue weighted by molar-refractivity contribution is 7.17. The molecular weight excluding hydrogens is 324 g/mol. The molecule has 7 nitrogen and oxygen atoms in total. The molecule has 4 rings (SSSR count). The number of aromatic nitrogens is 6. The Morgan fingerprint density at radius 1 is 1.21 bits per heavy atom. The molecular formula is C16H14N6OS. The van der Waals surface area contributed by atoms with Gasteiger partial charge in [-0.15, -0.1) is 10.2 Å². The second kappa shape index (κ2) is 5.89. The van der Waals surface area contributed by atoms with E-state index in [1.54, 1.807) is 11.6 Å². The van der Waals surface area contributed by atoms with Crippen molar-refractivity contribution in [3.63, 3.8) is 0 Å². The van der Waals surface area contributed by atoms with Crippen molar-refractivity contribution in [1.82, 2.24) is 30.0 Å². The normalized spacial score (nSPS) is 11.6. The molecule has 3 heterocycles. The number of benzene rings is 1. The first-order chi connectivity index (χ1) is 11.7. The lowest BCUT2D eigenvalue weighted by atomic mass is 10.2. The number of hydrogen-bond donors (Lipinski definition) is 1. The Hall–Kier alpha value is -3.00. The number of nitrogens with zero attached hydrogens (tertiary/aromatic N) is 5. The van der Waals surface area contributed by atoms with E-state index in [1.165, 1.54) is 11.3 Å². The molecule has 1 aromatic carbocycles. The van der Waals surface area contributed by atoms with Crippen LogP contribution in [0.15, 0.2) is 30.3 Å². The summed E-state index contributed by atoms with van der Waals surface area (Å²) in [5, 5.41) is 20.8. The zero-order valence-corrected chi connectivity index (χ0v) is 13.9. The van der Waals surface area contributed by atoms with Gasteiger partial charge in [0.25, 0.3) is 0 Å². The Bertz CT molecular complexity index is 1030. The third-order valence-electron chi connectivity index (χ3n) is 3.49.